The molecule has 0 spiro atoms. The number of nitrogens with zero attached hydrogens (tertiary/aromatic N) is 8. The Morgan fingerprint density at radius 1 is 0.611 bits per heavy atom. The summed E-state index contributed by atoms with van der Waals surface area (Å²) in [5, 5.41) is 44.3. The molecule has 2 aromatic heterocycles. The molecule has 3 heterocycles. The molecule has 0 unspecified atom stereocenters. The van der Waals surface area contributed by atoms with Gasteiger partial charge in [-0.25, -0.2) is 19.7 Å². The number of imidazole rings is 1. The number of aliphatic hydroxyl groups excluding tert-OH is 2. The highest BCUT2D eigenvalue weighted by Crippen LogP contribution is 2.32. The number of unbranched alkanes of at least 4 members (excludes halogenated alkanes) is 2. The fourth-order valence-electron chi connectivity index (χ4n) is 7.22. The van der Waals surface area contributed by atoms with Crippen LogP contribution in [-0.2, 0) is 33.5 Å². The van der Waals surface area contributed by atoms with Crippen LogP contribution in [0.3, 0.4) is 0 Å². The molecular formula is C40H70N22O10. The van der Waals surface area contributed by atoms with E-state index in [1.807, 2.05) is 0 Å². The van der Waals surface area contributed by atoms with Gasteiger partial charge in [0.05, 0.1) is 6.33 Å². The van der Waals surface area contributed by atoms with Crippen LogP contribution in [-0.4, -0.2) is 169 Å². The SMILES string of the molecule is NC(N)=NCCC[C@H](NC(=O)[C@H](CCCN=C(N)N)NC(=O)[C@H](CCCN=C(N)N)NC(=O)[C@H](CCCN=C(N)N)NC(=O)CCCCCNC(=O)[C@H]1O[C@@H](n2cnc3c(N)ncnc32)[C@H](O)[C@@H]1O)C(=O)O. The number of nitrogen functional groups attached to an aromatic ring is 1. The van der Waals surface area contributed by atoms with Crippen molar-refractivity contribution in [2.45, 2.75) is 126 Å². The monoisotopic (exact) mass is 1020 g/mol. The molecule has 1 fully saturated rings. The van der Waals surface area contributed by atoms with Gasteiger partial charge in [0.2, 0.25) is 23.6 Å². The number of rotatable bonds is 32. The zero-order chi connectivity index (χ0) is 53.3. The molecule has 1 aliphatic heterocycles. The number of ether oxygens (including phenoxy) is 1. The van der Waals surface area contributed by atoms with E-state index in [-0.39, 0.29) is 131 Å². The number of fused-ring (bicyclic) bond motifs is 1. The summed E-state index contributed by atoms with van der Waals surface area (Å²) in [6.07, 6.45) is -1.45. The quantitative estimate of drug-likeness (QED) is 0.0184. The highest BCUT2D eigenvalue weighted by Gasteiger charge is 2.47. The topological polar surface area (TPSA) is 560 Å². The molecule has 32 heteroatoms. The van der Waals surface area contributed by atoms with Crippen LogP contribution in [0.1, 0.15) is 83.3 Å². The zero-order valence-electron chi connectivity index (χ0n) is 39.8. The third-order valence-corrected chi connectivity index (χ3v) is 10.9. The molecule has 1 saturated heterocycles. The molecule has 32 nitrogen and oxygen atoms in total. The average molecular weight is 1020 g/mol. The van der Waals surface area contributed by atoms with Gasteiger partial charge in [-0.05, 0) is 64.2 Å². The number of carbonyl (C=O) groups is 6. The van der Waals surface area contributed by atoms with Gasteiger partial charge < -0.3 is 98.2 Å². The number of aromatic nitrogens is 4. The first-order chi connectivity index (χ1) is 34.2. The number of aliphatic carboxylic acids is 1. The number of amides is 5. The largest absolute Gasteiger partial charge is 0.480 e. The minimum atomic E-state index is -1.58. The Labute approximate surface area is 413 Å². The van der Waals surface area contributed by atoms with E-state index in [9.17, 15) is 44.1 Å². The fraction of sp³-hybridized carbons (Fsp3) is 0.625. The molecule has 2 aromatic rings. The summed E-state index contributed by atoms with van der Waals surface area (Å²) < 4.78 is 7.07. The van der Waals surface area contributed by atoms with Crippen LogP contribution in [0.4, 0.5) is 5.82 Å². The molecule has 0 bridgehead atoms. The van der Waals surface area contributed by atoms with Crippen molar-refractivity contribution in [2.75, 3.05) is 38.5 Å². The zero-order valence-corrected chi connectivity index (χ0v) is 39.8. The lowest BCUT2D eigenvalue weighted by Crippen LogP contribution is -2.57. The average Bonchev–Trinajstić information content (AvgIpc) is 3.88. The summed E-state index contributed by atoms with van der Waals surface area (Å²) in [4.78, 5) is 108. The highest BCUT2D eigenvalue weighted by atomic mass is 16.6. The summed E-state index contributed by atoms with van der Waals surface area (Å²) in [6, 6.07) is -5.24. The standard InChI is InChI=1S/C40H70N22O10/c41-29-25-30(56-18-55-29)62(19-57-25)35-27(65)26(64)28(72-35)34(69)50-13-3-1-2-12-24(63)58-20(8-4-14-51-37(42)43)31(66)59-21(9-5-15-52-38(44)45)32(67)60-22(10-6-16-53-39(46)47)33(68)61-23(36(70)71)11-7-17-54-40(48)49/h18-23,26-28,35,64-65H,1-17H2,(H,50,69)(H,58,63)(H,59,66)(H,60,67)(H,61,68)(H,70,71)(H2,41,55,56)(H4,42,43,51)(H4,44,45,52)(H4,46,47,53)(H4,48,49,54)/t20-,21-,22-,23-,26-,27+,28-,35+/m0/s1. The Bertz CT molecular complexity index is 2240. The smallest absolute Gasteiger partial charge is 0.326 e. The van der Waals surface area contributed by atoms with E-state index >= 15 is 0 Å². The number of aliphatic imine (C=N–C) groups is 4. The van der Waals surface area contributed by atoms with Crippen molar-refractivity contribution in [3.8, 4) is 0 Å². The van der Waals surface area contributed by atoms with Gasteiger partial charge >= 0.3 is 5.97 Å². The Hall–Kier alpha value is -7.87. The minimum Gasteiger partial charge on any atom is -0.480 e. The van der Waals surface area contributed by atoms with Gasteiger partial charge in [-0.2, -0.15) is 0 Å². The maximum absolute atomic E-state index is 14.0. The predicted molar refractivity (Wildman–Crippen MR) is 262 cm³/mol. The van der Waals surface area contributed by atoms with E-state index < -0.39 is 84.2 Å². The van der Waals surface area contributed by atoms with E-state index in [1.165, 1.54) is 17.2 Å². The first kappa shape index (κ1) is 58.4. The van der Waals surface area contributed by atoms with Crippen molar-refractivity contribution < 1.29 is 48.8 Å². The first-order valence-electron chi connectivity index (χ1n) is 23.1. The number of nitrogens with one attached hydrogen (secondary N) is 5. The maximum Gasteiger partial charge on any atom is 0.326 e. The Morgan fingerprint density at radius 2 is 1.07 bits per heavy atom. The number of guanidine groups is 4. The lowest BCUT2D eigenvalue weighted by Gasteiger charge is -2.26. The van der Waals surface area contributed by atoms with E-state index in [0.29, 0.717) is 19.3 Å². The van der Waals surface area contributed by atoms with Gasteiger partial charge in [-0.15, -0.1) is 0 Å². The third-order valence-electron chi connectivity index (χ3n) is 10.9. The number of hydrogen-bond donors (Lipinski definition) is 17. The Balaban J connectivity index is 1.66. The van der Waals surface area contributed by atoms with Gasteiger partial charge in [0.25, 0.3) is 5.91 Å². The van der Waals surface area contributed by atoms with Crippen molar-refractivity contribution in [1.29, 1.82) is 0 Å². The van der Waals surface area contributed by atoms with E-state index in [4.69, 9.17) is 56.3 Å². The van der Waals surface area contributed by atoms with E-state index in [1.54, 1.807) is 0 Å². The number of nitrogens with two attached hydrogens (primary N) is 9. The van der Waals surface area contributed by atoms with Crippen LogP contribution in [0, 0.1) is 0 Å². The summed E-state index contributed by atoms with van der Waals surface area (Å²) in [6.45, 7) is 0.452. The molecule has 0 aliphatic carbocycles. The van der Waals surface area contributed by atoms with Crippen molar-refractivity contribution in [3.63, 3.8) is 0 Å². The van der Waals surface area contributed by atoms with Crippen molar-refractivity contribution in [3.05, 3.63) is 12.7 Å². The maximum atomic E-state index is 14.0. The second-order valence-corrected chi connectivity index (χ2v) is 16.6. The molecule has 1 aliphatic rings. The molecule has 8 atom stereocenters. The summed E-state index contributed by atoms with van der Waals surface area (Å²) >= 11 is 0. The van der Waals surface area contributed by atoms with E-state index in [0.717, 1.165) is 0 Å². The van der Waals surface area contributed by atoms with Crippen molar-refractivity contribution >= 4 is 76.3 Å². The summed E-state index contributed by atoms with van der Waals surface area (Å²) in [5.41, 5.74) is 49.8. The van der Waals surface area contributed by atoms with Gasteiger partial charge in [0, 0.05) is 39.1 Å². The molecular weight excluding hydrogens is 949 g/mol. The third kappa shape index (κ3) is 19.9. The summed E-state index contributed by atoms with van der Waals surface area (Å²) in [5.74, 6) is -5.70. The molecule has 0 aromatic carbocycles. The molecule has 26 N–H and O–H groups in total. The molecule has 0 radical (unpaired) electrons. The van der Waals surface area contributed by atoms with Gasteiger partial charge in [-0.3, -0.25) is 48.5 Å². The van der Waals surface area contributed by atoms with Crippen LogP contribution in [0.15, 0.2) is 32.6 Å². The second kappa shape index (κ2) is 30.0. The summed E-state index contributed by atoms with van der Waals surface area (Å²) in [7, 11) is 0. The Morgan fingerprint density at radius 3 is 1.54 bits per heavy atom. The number of anilines is 1. The van der Waals surface area contributed by atoms with Gasteiger partial charge in [-0.1, -0.05) is 6.42 Å². The molecule has 3 rings (SSSR count). The van der Waals surface area contributed by atoms with Crippen molar-refractivity contribution in [1.82, 2.24) is 46.1 Å². The van der Waals surface area contributed by atoms with Crippen LogP contribution >= 0.6 is 0 Å². The number of carboxylic acid groups (broad SMARTS) is 1. The Kier molecular flexibility index (Phi) is 24.4. The lowest BCUT2D eigenvalue weighted by atomic mass is 10.0. The highest BCUT2D eigenvalue weighted by molar-refractivity contribution is 5.95. The number of carbonyl (C=O) groups excluding carboxylic acids is 5. The van der Waals surface area contributed by atoms with Crippen LogP contribution in [0.2, 0.25) is 0 Å². The molecule has 0 saturated carbocycles. The number of carboxylic acids is 1. The van der Waals surface area contributed by atoms with Crippen LogP contribution in [0.5, 0.6) is 0 Å². The van der Waals surface area contributed by atoms with Gasteiger partial charge in [0.15, 0.2) is 47.6 Å². The lowest BCUT2D eigenvalue weighted by molar-refractivity contribution is -0.142. The molecule has 400 valence electrons. The van der Waals surface area contributed by atoms with Crippen molar-refractivity contribution in [2.24, 2.45) is 65.8 Å². The first-order valence-corrected chi connectivity index (χ1v) is 23.1. The van der Waals surface area contributed by atoms with Crippen LogP contribution in [0.25, 0.3) is 11.2 Å². The molecule has 72 heavy (non-hydrogen) atoms. The number of hydrogen-bond acceptors (Lipinski definition) is 17. The fourth-order valence-corrected chi connectivity index (χ4v) is 7.22. The van der Waals surface area contributed by atoms with Gasteiger partial charge in [0.1, 0.15) is 48.2 Å². The predicted octanol–water partition coefficient (Wildman–Crippen LogP) is -7.06. The minimum absolute atomic E-state index is 0.0296. The molecule has 5 amide bonds. The van der Waals surface area contributed by atoms with Crippen LogP contribution < -0.4 is 78.2 Å². The normalized spacial score (nSPS) is 17.8. The second-order valence-electron chi connectivity index (χ2n) is 16.6. The van der Waals surface area contributed by atoms with E-state index in [2.05, 4.69) is 61.5 Å². The number of aliphatic hydroxyl groups is 2.